The molecule has 0 aromatic carbocycles. The first-order valence-electron chi connectivity index (χ1n) is 8.49. The number of hydrogen-bond acceptors (Lipinski definition) is 3. The lowest BCUT2D eigenvalue weighted by molar-refractivity contribution is -0.132. The first kappa shape index (κ1) is 16.8. The Bertz CT molecular complexity index is 366. The maximum atomic E-state index is 12.8. The average molecular weight is 296 g/mol. The fourth-order valence-corrected chi connectivity index (χ4v) is 3.38. The second-order valence-corrected chi connectivity index (χ2v) is 7.43. The van der Waals surface area contributed by atoms with Crippen LogP contribution in [0.5, 0.6) is 0 Å². The Hall–Kier alpha value is -0.610. The number of nitrogens with one attached hydrogen (secondary N) is 1. The Kier molecular flexibility index (Phi) is 5.31. The van der Waals surface area contributed by atoms with Crippen LogP contribution >= 0.6 is 0 Å². The molecule has 2 aliphatic rings. The fraction of sp³-hybridized carbons (Fsp3) is 0.941. The van der Waals surface area contributed by atoms with Crippen LogP contribution in [0, 0.1) is 17.3 Å². The summed E-state index contributed by atoms with van der Waals surface area (Å²) in [6, 6.07) is 0.000579. The van der Waals surface area contributed by atoms with Crippen molar-refractivity contribution in [2.75, 3.05) is 20.3 Å². The van der Waals surface area contributed by atoms with Crippen molar-refractivity contribution in [3.63, 3.8) is 0 Å². The molecule has 21 heavy (non-hydrogen) atoms. The molecule has 3 unspecified atom stereocenters. The molecular formula is C17H32N2O2. The van der Waals surface area contributed by atoms with Crippen molar-refractivity contribution in [1.29, 1.82) is 0 Å². The zero-order chi connectivity index (χ0) is 15.6. The van der Waals surface area contributed by atoms with E-state index >= 15 is 0 Å². The van der Waals surface area contributed by atoms with Crippen molar-refractivity contribution >= 4 is 5.91 Å². The van der Waals surface area contributed by atoms with Crippen LogP contribution in [-0.2, 0) is 9.53 Å². The summed E-state index contributed by atoms with van der Waals surface area (Å²) in [7, 11) is 1.76. The van der Waals surface area contributed by atoms with E-state index in [1.165, 1.54) is 12.8 Å². The van der Waals surface area contributed by atoms with Crippen LogP contribution in [0.4, 0.5) is 0 Å². The van der Waals surface area contributed by atoms with Gasteiger partial charge in [0.1, 0.15) is 0 Å². The van der Waals surface area contributed by atoms with Crippen molar-refractivity contribution in [2.45, 2.75) is 65.6 Å². The topological polar surface area (TPSA) is 41.6 Å². The van der Waals surface area contributed by atoms with Gasteiger partial charge in [0.05, 0.1) is 12.2 Å². The number of nitrogens with zero attached hydrogens (tertiary/aromatic N) is 1. The van der Waals surface area contributed by atoms with Crippen molar-refractivity contribution in [2.24, 2.45) is 17.3 Å². The van der Waals surface area contributed by atoms with Gasteiger partial charge in [0.15, 0.2) is 0 Å². The van der Waals surface area contributed by atoms with E-state index in [1.807, 2.05) is 0 Å². The molecule has 3 atom stereocenters. The number of carbonyl (C=O) groups excluding carboxylic acids is 1. The molecule has 1 aliphatic heterocycles. The molecule has 0 aromatic heterocycles. The lowest BCUT2D eigenvalue weighted by atomic mass is 9.98. The molecular weight excluding hydrogens is 264 g/mol. The van der Waals surface area contributed by atoms with Gasteiger partial charge in [-0.25, -0.2) is 0 Å². The lowest BCUT2D eigenvalue weighted by Gasteiger charge is -2.31. The predicted octanol–water partition coefficient (Wildman–Crippen LogP) is 2.63. The van der Waals surface area contributed by atoms with Crippen molar-refractivity contribution in [3.05, 3.63) is 0 Å². The standard InChI is InChI=1S/C17H32N2O2/c1-6-13(4)14-16(20)19(15(18-14)12(2)3)11-17(7-8-17)9-10-21-5/h12-15,18H,6-11H2,1-5H3. The number of amides is 1. The Morgan fingerprint density at radius 2 is 2.05 bits per heavy atom. The third kappa shape index (κ3) is 3.59. The van der Waals surface area contributed by atoms with E-state index in [4.69, 9.17) is 4.74 Å². The van der Waals surface area contributed by atoms with E-state index in [0.717, 1.165) is 26.0 Å². The van der Waals surface area contributed by atoms with Gasteiger partial charge in [0, 0.05) is 20.3 Å². The molecule has 0 radical (unpaired) electrons. The van der Waals surface area contributed by atoms with Crippen molar-refractivity contribution < 1.29 is 9.53 Å². The Morgan fingerprint density at radius 3 is 2.52 bits per heavy atom. The molecule has 122 valence electrons. The summed E-state index contributed by atoms with van der Waals surface area (Å²) >= 11 is 0. The van der Waals surface area contributed by atoms with Crippen LogP contribution in [0.25, 0.3) is 0 Å². The second kappa shape index (κ2) is 6.66. The molecule has 2 fully saturated rings. The predicted molar refractivity (Wildman–Crippen MR) is 84.9 cm³/mol. The molecule has 4 heteroatoms. The highest BCUT2D eigenvalue weighted by Gasteiger charge is 2.49. The highest BCUT2D eigenvalue weighted by molar-refractivity contribution is 5.84. The minimum atomic E-state index is 0.000579. The van der Waals surface area contributed by atoms with E-state index in [9.17, 15) is 4.79 Å². The van der Waals surface area contributed by atoms with Crippen molar-refractivity contribution in [1.82, 2.24) is 10.2 Å². The summed E-state index contributed by atoms with van der Waals surface area (Å²) in [4.78, 5) is 15.0. The second-order valence-electron chi connectivity index (χ2n) is 7.43. The van der Waals surface area contributed by atoms with Crippen LogP contribution in [0.2, 0.25) is 0 Å². The molecule has 1 saturated carbocycles. The van der Waals surface area contributed by atoms with Gasteiger partial charge < -0.3 is 9.64 Å². The molecule has 1 saturated heterocycles. The maximum Gasteiger partial charge on any atom is 0.241 e. The minimum Gasteiger partial charge on any atom is -0.385 e. The molecule has 1 heterocycles. The number of methoxy groups -OCH3 is 1. The first-order chi connectivity index (χ1) is 9.94. The number of carbonyl (C=O) groups is 1. The fourth-order valence-electron chi connectivity index (χ4n) is 3.38. The summed E-state index contributed by atoms with van der Waals surface area (Å²) < 4.78 is 5.24. The summed E-state index contributed by atoms with van der Waals surface area (Å²) in [6.07, 6.45) is 4.78. The van der Waals surface area contributed by atoms with Crippen LogP contribution in [0.3, 0.4) is 0 Å². The zero-order valence-corrected chi connectivity index (χ0v) is 14.3. The summed E-state index contributed by atoms with van der Waals surface area (Å²) in [5.74, 6) is 1.16. The number of ether oxygens (including phenoxy) is 1. The van der Waals surface area contributed by atoms with Gasteiger partial charge in [-0.05, 0) is 36.5 Å². The van der Waals surface area contributed by atoms with E-state index in [1.54, 1.807) is 7.11 Å². The largest absolute Gasteiger partial charge is 0.385 e. The smallest absolute Gasteiger partial charge is 0.241 e. The number of hydrogen-bond donors (Lipinski definition) is 1. The molecule has 0 spiro atoms. The van der Waals surface area contributed by atoms with Gasteiger partial charge in [-0.1, -0.05) is 34.1 Å². The van der Waals surface area contributed by atoms with Crippen LogP contribution < -0.4 is 5.32 Å². The highest BCUT2D eigenvalue weighted by Crippen LogP contribution is 2.50. The minimum absolute atomic E-state index is 0.000579. The van der Waals surface area contributed by atoms with Crippen LogP contribution in [0.15, 0.2) is 0 Å². The van der Waals surface area contributed by atoms with E-state index in [2.05, 4.69) is 37.9 Å². The molecule has 4 nitrogen and oxygen atoms in total. The van der Waals surface area contributed by atoms with Gasteiger partial charge in [-0.15, -0.1) is 0 Å². The Labute approximate surface area is 129 Å². The molecule has 1 N–H and O–H groups in total. The first-order valence-corrected chi connectivity index (χ1v) is 8.49. The van der Waals surface area contributed by atoms with Gasteiger partial charge in [0.2, 0.25) is 5.91 Å². The monoisotopic (exact) mass is 296 g/mol. The normalized spacial score (nSPS) is 29.2. The van der Waals surface area contributed by atoms with E-state index in [0.29, 0.717) is 23.2 Å². The van der Waals surface area contributed by atoms with E-state index in [-0.39, 0.29) is 12.2 Å². The van der Waals surface area contributed by atoms with Gasteiger partial charge in [0.25, 0.3) is 0 Å². The molecule has 1 amide bonds. The zero-order valence-electron chi connectivity index (χ0n) is 14.3. The van der Waals surface area contributed by atoms with E-state index < -0.39 is 0 Å². The highest BCUT2D eigenvalue weighted by atomic mass is 16.5. The Balaban J connectivity index is 2.06. The quantitative estimate of drug-likeness (QED) is 0.748. The van der Waals surface area contributed by atoms with Crippen LogP contribution in [0.1, 0.15) is 53.4 Å². The number of rotatable bonds is 8. The average Bonchev–Trinajstić information content (AvgIpc) is 3.15. The van der Waals surface area contributed by atoms with Crippen molar-refractivity contribution in [3.8, 4) is 0 Å². The van der Waals surface area contributed by atoms with Gasteiger partial charge in [-0.3, -0.25) is 10.1 Å². The summed E-state index contributed by atoms with van der Waals surface area (Å²) in [6.45, 7) is 10.4. The SMILES string of the molecule is CCC(C)C1NC(C(C)C)N(CC2(CCOC)CC2)C1=O. The Morgan fingerprint density at radius 1 is 1.38 bits per heavy atom. The van der Waals surface area contributed by atoms with Gasteiger partial charge in [-0.2, -0.15) is 0 Å². The lowest BCUT2D eigenvalue weighted by Crippen LogP contribution is -2.44. The molecule has 1 aliphatic carbocycles. The third-order valence-electron chi connectivity index (χ3n) is 5.38. The summed E-state index contributed by atoms with van der Waals surface area (Å²) in [5.41, 5.74) is 0.324. The molecule has 2 rings (SSSR count). The summed E-state index contributed by atoms with van der Waals surface area (Å²) in [5, 5.41) is 3.59. The maximum absolute atomic E-state index is 12.8. The third-order valence-corrected chi connectivity index (χ3v) is 5.38. The molecule has 0 aromatic rings. The van der Waals surface area contributed by atoms with Crippen LogP contribution in [-0.4, -0.2) is 43.3 Å². The molecule has 0 bridgehead atoms. The van der Waals surface area contributed by atoms with Gasteiger partial charge >= 0.3 is 0 Å².